The van der Waals surface area contributed by atoms with Crippen LogP contribution in [0, 0.1) is 0 Å². The van der Waals surface area contributed by atoms with Crippen molar-refractivity contribution in [1.29, 1.82) is 0 Å². The van der Waals surface area contributed by atoms with Gasteiger partial charge in [-0.15, -0.1) is 0 Å². The van der Waals surface area contributed by atoms with Crippen LogP contribution in [0.1, 0.15) is 17.5 Å². The average Bonchev–Trinajstić information content (AvgIpc) is 2.78. The largest absolute Gasteiger partial charge is 0.489 e. The minimum atomic E-state index is -0.0957. The molecule has 1 heterocycles. The number of para-hydroxylation sites is 1. The van der Waals surface area contributed by atoms with Gasteiger partial charge in [-0.3, -0.25) is 9.78 Å². The zero-order valence-electron chi connectivity index (χ0n) is 16.3. The molecule has 3 aromatic rings. The number of aromatic nitrogens is 1. The maximum Gasteiger partial charge on any atom is 0.244 e. The molecule has 0 saturated carbocycles. The van der Waals surface area contributed by atoms with Gasteiger partial charge in [-0.2, -0.15) is 0 Å². The fourth-order valence-corrected chi connectivity index (χ4v) is 2.64. The smallest absolute Gasteiger partial charge is 0.244 e. The second-order valence-electron chi connectivity index (χ2n) is 6.49. The van der Waals surface area contributed by atoms with Crippen molar-refractivity contribution in [2.24, 2.45) is 0 Å². The molecule has 5 nitrogen and oxygen atoms in total. The van der Waals surface area contributed by atoms with Gasteiger partial charge in [0.25, 0.3) is 0 Å². The normalized spacial score (nSPS) is 10.6. The Balaban J connectivity index is 1.34. The summed E-state index contributed by atoms with van der Waals surface area (Å²) in [5.41, 5.74) is 3.05. The van der Waals surface area contributed by atoms with Crippen molar-refractivity contribution < 1.29 is 9.53 Å². The van der Waals surface area contributed by atoms with E-state index in [0.29, 0.717) is 13.2 Å². The van der Waals surface area contributed by atoms with E-state index in [1.54, 1.807) is 24.5 Å². The van der Waals surface area contributed by atoms with Gasteiger partial charge in [-0.25, -0.2) is 0 Å². The van der Waals surface area contributed by atoms with Gasteiger partial charge in [0.2, 0.25) is 5.91 Å². The van der Waals surface area contributed by atoms with Crippen LogP contribution in [-0.4, -0.2) is 24.0 Å². The molecule has 3 rings (SSSR count). The molecule has 0 bridgehead atoms. The summed E-state index contributed by atoms with van der Waals surface area (Å²) in [4.78, 5) is 16.0. The van der Waals surface area contributed by atoms with Crippen LogP contribution in [0.25, 0.3) is 6.08 Å². The number of hydrogen-bond donors (Lipinski definition) is 2. The minimum Gasteiger partial charge on any atom is -0.489 e. The lowest BCUT2D eigenvalue weighted by Crippen LogP contribution is -2.23. The van der Waals surface area contributed by atoms with Crippen LogP contribution < -0.4 is 15.4 Å². The van der Waals surface area contributed by atoms with E-state index in [1.165, 1.54) is 0 Å². The van der Waals surface area contributed by atoms with E-state index in [0.717, 1.165) is 35.5 Å². The summed E-state index contributed by atoms with van der Waals surface area (Å²) < 4.78 is 5.73. The fraction of sp³-hybridized carbons (Fsp3) is 0.167. The standard InChI is InChI=1S/C24H25N3O2/c28-24(27-17-5-16-26-22-7-2-1-3-8-22)14-11-20-9-12-23(13-10-20)29-19-21-6-4-15-25-18-21/h1-4,6-15,18,26H,5,16-17,19H2,(H,27,28)/b14-11+. The van der Waals surface area contributed by atoms with Crippen LogP contribution in [0.15, 0.2) is 85.2 Å². The Morgan fingerprint density at radius 3 is 2.55 bits per heavy atom. The number of carbonyl (C=O) groups excluding carboxylic acids is 1. The summed E-state index contributed by atoms with van der Waals surface area (Å²) >= 11 is 0. The lowest BCUT2D eigenvalue weighted by Gasteiger charge is -2.06. The Hall–Kier alpha value is -3.60. The van der Waals surface area contributed by atoms with Gasteiger partial charge in [-0.1, -0.05) is 36.4 Å². The topological polar surface area (TPSA) is 63.2 Å². The molecule has 0 atom stereocenters. The first kappa shape index (κ1) is 20.1. The number of benzene rings is 2. The van der Waals surface area contributed by atoms with E-state index in [1.807, 2.05) is 66.7 Å². The zero-order valence-corrected chi connectivity index (χ0v) is 16.3. The van der Waals surface area contributed by atoms with Crippen molar-refractivity contribution in [1.82, 2.24) is 10.3 Å². The summed E-state index contributed by atoms with van der Waals surface area (Å²) in [6.07, 6.45) is 7.73. The number of hydrogen-bond acceptors (Lipinski definition) is 4. The van der Waals surface area contributed by atoms with E-state index >= 15 is 0 Å². The Bertz CT molecular complexity index is 894. The summed E-state index contributed by atoms with van der Waals surface area (Å²) in [6, 6.07) is 21.5. The van der Waals surface area contributed by atoms with E-state index in [9.17, 15) is 4.79 Å². The third-order valence-electron chi connectivity index (χ3n) is 4.19. The number of nitrogens with zero attached hydrogens (tertiary/aromatic N) is 1. The van der Waals surface area contributed by atoms with Gasteiger partial charge in [0.15, 0.2) is 0 Å². The van der Waals surface area contributed by atoms with Gasteiger partial charge >= 0.3 is 0 Å². The molecule has 29 heavy (non-hydrogen) atoms. The third kappa shape index (κ3) is 7.50. The van der Waals surface area contributed by atoms with Crippen LogP contribution in [-0.2, 0) is 11.4 Å². The van der Waals surface area contributed by atoms with Gasteiger partial charge in [-0.05, 0) is 48.4 Å². The molecule has 0 aliphatic carbocycles. The number of carbonyl (C=O) groups is 1. The molecule has 5 heteroatoms. The summed E-state index contributed by atoms with van der Waals surface area (Å²) in [5, 5.41) is 6.21. The Morgan fingerprint density at radius 1 is 0.966 bits per heavy atom. The second-order valence-corrected chi connectivity index (χ2v) is 6.49. The van der Waals surface area contributed by atoms with E-state index in [-0.39, 0.29) is 5.91 Å². The lowest BCUT2D eigenvalue weighted by atomic mass is 10.2. The maximum absolute atomic E-state index is 11.9. The quantitative estimate of drug-likeness (QED) is 0.402. The molecule has 0 aliphatic heterocycles. The first-order valence-corrected chi connectivity index (χ1v) is 9.66. The van der Waals surface area contributed by atoms with Gasteiger partial charge in [0.1, 0.15) is 12.4 Å². The SMILES string of the molecule is O=C(/C=C/c1ccc(OCc2cccnc2)cc1)NCCCNc1ccccc1. The predicted molar refractivity (Wildman–Crippen MR) is 117 cm³/mol. The highest BCUT2D eigenvalue weighted by atomic mass is 16.5. The third-order valence-corrected chi connectivity index (χ3v) is 4.19. The van der Waals surface area contributed by atoms with E-state index in [2.05, 4.69) is 15.6 Å². The molecule has 1 amide bonds. The van der Waals surface area contributed by atoms with Gasteiger partial charge < -0.3 is 15.4 Å². The molecular weight excluding hydrogens is 362 g/mol. The Kier molecular flexibility index (Phi) is 7.84. The van der Waals surface area contributed by atoms with Crippen LogP contribution in [0.4, 0.5) is 5.69 Å². The number of ether oxygens (including phenoxy) is 1. The molecule has 0 radical (unpaired) electrons. The van der Waals surface area contributed by atoms with Crippen molar-refractivity contribution in [2.75, 3.05) is 18.4 Å². The van der Waals surface area contributed by atoms with Crippen LogP contribution in [0.3, 0.4) is 0 Å². The summed E-state index contributed by atoms with van der Waals surface area (Å²) in [5.74, 6) is 0.683. The first-order chi connectivity index (χ1) is 14.3. The first-order valence-electron chi connectivity index (χ1n) is 9.66. The molecule has 0 aliphatic rings. The number of amides is 1. The Morgan fingerprint density at radius 2 is 1.79 bits per heavy atom. The van der Waals surface area contributed by atoms with Gasteiger partial charge in [0, 0.05) is 42.8 Å². The van der Waals surface area contributed by atoms with Crippen LogP contribution >= 0.6 is 0 Å². The average molecular weight is 387 g/mol. The van der Waals surface area contributed by atoms with Crippen molar-refractivity contribution in [3.05, 3.63) is 96.3 Å². The molecular formula is C24H25N3O2. The summed E-state index contributed by atoms with van der Waals surface area (Å²) in [6.45, 7) is 1.92. The molecule has 2 N–H and O–H groups in total. The highest BCUT2D eigenvalue weighted by Gasteiger charge is 1.98. The summed E-state index contributed by atoms with van der Waals surface area (Å²) in [7, 11) is 0. The van der Waals surface area contributed by atoms with Crippen LogP contribution in [0.5, 0.6) is 5.75 Å². The number of anilines is 1. The molecule has 0 fully saturated rings. The zero-order chi connectivity index (χ0) is 20.2. The van der Waals surface area contributed by atoms with Crippen molar-refractivity contribution in [2.45, 2.75) is 13.0 Å². The van der Waals surface area contributed by atoms with Crippen molar-refractivity contribution in [3.63, 3.8) is 0 Å². The molecule has 0 spiro atoms. The van der Waals surface area contributed by atoms with E-state index < -0.39 is 0 Å². The second kappa shape index (κ2) is 11.3. The molecule has 0 unspecified atom stereocenters. The minimum absolute atomic E-state index is 0.0957. The highest BCUT2D eigenvalue weighted by Crippen LogP contribution is 2.15. The monoisotopic (exact) mass is 387 g/mol. The van der Waals surface area contributed by atoms with Gasteiger partial charge in [0.05, 0.1) is 0 Å². The molecule has 1 aromatic heterocycles. The fourth-order valence-electron chi connectivity index (χ4n) is 2.64. The maximum atomic E-state index is 11.9. The van der Waals surface area contributed by atoms with Crippen LogP contribution in [0.2, 0.25) is 0 Å². The number of nitrogens with one attached hydrogen (secondary N) is 2. The number of pyridine rings is 1. The lowest BCUT2D eigenvalue weighted by molar-refractivity contribution is -0.116. The molecule has 0 saturated heterocycles. The van der Waals surface area contributed by atoms with Crippen molar-refractivity contribution in [3.8, 4) is 5.75 Å². The van der Waals surface area contributed by atoms with E-state index in [4.69, 9.17) is 4.74 Å². The van der Waals surface area contributed by atoms with Crippen molar-refractivity contribution >= 4 is 17.7 Å². The predicted octanol–water partition coefficient (Wildman–Crippen LogP) is 4.29. The number of rotatable bonds is 10. The molecule has 148 valence electrons. The Labute approximate surface area is 171 Å². The molecule has 2 aromatic carbocycles. The highest BCUT2D eigenvalue weighted by molar-refractivity contribution is 5.91.